The smallest absolute Gasteiger partial charge is 0.326 e. The van der Waals surface area contributed by atoms with Crippen LogP contribution in [0, 0.1) is 0 Å². The van der Waals surface area contributed by atoms with Crippen molar-refractivity contribution >= 4 is 35.6 Å². The van der Waals surface area contributed by atoms with Crippen molar-refractivity contribution in [1.29, 1.82) is 0 Å². The molecule has 10 N–H and O–H groups in total. The number of aliphatic carboxylic acids is 2. The van der Waals surface area contributed by atoms with Crippen LogP contribution in [0.15, 0.2) is 0 Å². The van der Waals surface area contributed by atoms with E-state index in [2.05, 4.69) is 10.6 Å². The highest BCUT2D eigenvalue weighted by Crippen LogP contribution is 1.99. The fraction of sp³-hybridized carbons (Fsp3) is 0.571. The molecular formula is C14H23N5O9. The Morgan fingerprint density at radius 2 is 1.54 bits per heavy atom. The molecule has 0 radical (unpaired) electrons. The number of carboxylic acids is 2. The standard InChI is InChI=1S/C14H23N5O9/c1-5(20)11(13(26)18-7(14(27)28)3-10(23)24)19-9(22)4-17-12(25)6(15)2-8(16)21/h5-7,11,20H,2-4,15H2,1H3,(H2,16,21)(H,17,25)(H,18,26)(H,19,22)(H,23,24)(H,27,28). The van der Waals surface area contributed by atoms with Crippen molar-refractivity contribution in [3.8, 4) is 0 Å². The van der Waals surface area contributed by atoms with Crippen LogP contribution in [-0.2, 0) is 28.8 Å². The third kappa shape index (κ3) is 9.44. The van der Waals surface area contributed by atoms with Gasteiger partial charge in [0.2, 0.25) is 23.6 Å². The van der Waals surface area contributed by atoms with Crippen molar-refractivity contribution in [1.82, 2.24) is 16.0 Å². The van der Waals surface area contributed by atoms with Crippen LogP contribution in [-0.4, -0.2) is 81.7 Å². The molecule has 0 saturated carbocycles. The second-order valence-corrected chi connectivity index (χ2v) is 5.78. The third-order valence-corrected chi connectivity index (χ3v) is 3.26. The zero-order valence-electron chi connectivity index (χ0n) is 14.9. The van der Waals surface area contributed by atoms with Gasteiger partial charge in [-0.1, -0.05) is 0 Å². The van der Waals surface area contributed by atoms with E-state index in [4.69, 9.17) is 21.7 Å². The summed E-state index contributed by atoms with van der Waals surface area (Å²) in [5.41, 5.74) is 10.3. The van der Waals surface area contributed by atoms with Gasteiger partial charge in [-0.2, -0.15) is 0 Å². The number of rotatable bonds is 12. The van der Waals surface area contributed by atoms with Gasteiger partial charge in [-0.3, -0.25) is 24.0 Å². The van der Waals surface area contributed by atoms with Crippen molar-refractivity contribution in [2.75, 3.05) is 6.54 Å². The number of carbonyl (C=O) groups is 6. The van der Waals surface area contributed by atoms with Gasteiger partial charge in [0.15, 0.2) is 0 Å². The van der Waals surface area contributed by atoms with Crippen LogP contribution in [0.5, 0.6) is 0 Å². The highest BCUT2D eigenvalue weighted by Gasteiger charge is 2.31. The SMILES string of the molecule is CC(O)C(NC(=O)CNC(=O)C(N)CC(N)=O)C(=O)NC(CC(=O)O)C(=O)O. The van der Waals surface area contributed by atoms with Crippen molar-refractivity contribution in [2.24, 2.45) is 11.5 Å². The molecule has 0 aromatic carbocycles. The Bertz CT molecular complexity index is 637. The summed E-state index contributed by atoms with van der Waals surface area (Å²) < 4.78 is 0. The maximum absolute atomic E-state index is 12.1. The largest absolute Gasteiger partial charge is 0.481 e. The molecule has 0 heterocycles. The fourth-order valence-electron chi connectivity index (χ4n) is 1.87. The monoisotopic (exact) mass is 405 g/mol. The molecule has 0 fully saturated rings. The predicted molar refractivity (Wildman–Crippen MR) is 90.2 cm³/mol. The number of aliphatic hydroxyl groups excluding tert-OH is 1. The number of aliphatic hydroxyl groups is 1. The number of primary amides is 1. The van der Waals surface area contributed by atoms with E-state index in [0.717, 1.165) is 6.92 Å². The second-order valence-electron chi connectivity index (χ2n) is 5.78. The Morgan fingerprint density at radius 1 is 0.964 bits per heavy atom. The summed E-state index contributed by atoms with van der Waals surface area (Å²) in [5, 5.41) is 33.2. The van der Waals surface area contributed by atoms with E-state index >= 15 is 0 Å². The van der Waals surface area contributed by atoms with E-state index in [1.165, 1.54) is 0 Å². The van der Waals surface area contributed by atoms with Crippen molar-refractivity contribution in [3.63, 3.8) is 0 Å². The molecule has 4 atom stereocenters. The van der Waals surface area contributed by atoms with Crippen LogP contribution in [0.3, 0.4) is 0 Å². The van der Waals surface area contributed by atoms with E-state index in [0.29, 0.717) is 0 Å². The first-order valence-electron chi connectivity index (χ1n) is 7.89. The Labute approximate surface area is 158 Å². The van der Waals surface area contributed by atoms with Gasteiger partial charge in [0.25, 0.3) is 0 Å². The van der Waals surface area contributed by atoms with Gasteiger partial charge in [0, 0.05) is 0 Å². The van der Waals surface area contributed by atoms with Gasteiger partial charge in [0.05, 0.1) is 31.5 Å². The lowest BCUT2D eigenvalue weighted by Crippen LogP contribution is -2.57. The van der Waals surface area contributed by atoms with Gasteiger partial charge in [-0.05, 0) is 6.92 Å². The minimum absolute atomic E-state index is 0.452. The fourth-order valence-corrected chi connectivity index (χ4v) is 1.87. The molecule has 0 aliphatic rings. The summed E-state index contributed by atoms with van der Waals surface area (Å²) in [6.45, 7) is 0.456. The van der Waals surface area contributed by atoms with Crippen LogP contribution in [0.1, 0.15) is 19.8 Å². The lowest BCUT2D eigenvalue weighted by atomic mass is 10.1. The minimum atomic E-state index is -1.78. The maximum Gasteiger partial charge on any atom is 0.326 e. The zero-order valence-corrected chi connectivity index (χ0v) is 14.9. The zero-order chi connectivity index (χ0) is 22.0. The molecule has 0 rings (SSSR count). The molecule has 158 valence electrons. The Kier molecular flexibility index (Phi) is 10.1. The molecule has 0 saturated heterocycles. The molecule has 0 spiro atoms. The average molecular weight is 405 g/mol. The van der Waals surface area contributed by atoms with Gasteiger partial charge in [-0.15, -0.1) is 0 Å². The highest BCUT2D eigenvalue weighted by atomic mass is 16.4. The summed E-state index contributed by atoms with van der Waals surface area (Å²) >= 11 is 0. The molecule has 0 bridgehead atoms. The number of carboxylic acid groups (broad SMARTS) is 2. The van der Waals surface area contributed by atoms with E-state index < -0.39 is 79.2 Å². The normalized spacial score (nSPS) is 14.7. The first kappa shape index (κ1) is 24.7. The molecule has 0 aromatic rings. The number of nitrogens with one attached hydrogen (secondary N) is 3. The third-order valence-electron chi connectivity index (χ3n) is 3.26. The first-order chi connectivity index (χ1) is 12.8. The maximum atomic E-state index is 12.1. The molecule has 28 heavy (non-hydrogen) atoms. The summed E-state index contributed by atoms with van der Waals surface area (Å²) in [7, 11) is 0. The number of carbonyl (C=O) groups excluding carboxylic acids is 4. The summed E-state index contributed by atoms with van der Waals surface area (Å²) in [4.78, 5) is 67.8. The Balaban J connectivity index is 4.83. The lowest BCUT2D eigenvalue weighted by molar-refractivity contribution is -0.147. The van der Waals surface area contributed by atoms with E-state index in [-0.39, 0.29) is 0 Å². The molecule has 0 aromatic heterocycles. The summed E-state index contributed by atoms with van der Waals surface area (Å²) in [5.74, 6) is -6.88. The molecule has 0 aliphatic heterocycles. The van der Waals surface area contributed by atoms with Crippen LogP contribution in [0.4, 0.5) is 0 Å². The predicted octanol–water partition coefficient (Wildman–Crippen LogP) is -4.78. The van der Waals surface area contributed by atoms with Gasteiger partial charge < -0.3 is 42.7 Å². The van der Waals surface area contributed by atoms with E-state index in [1.54, 1.807) is 0 Å². The number of hydrogen-bond donors (Lipinski definition) is 8. The Morgan fingerprint density at radius 3 is 1.96 bits per heavy atom. The highest BCUT2D eigenvalue weighted by molar-refractivity contribution is 5.94. The van der Waals surface area contributed by atoms with Gasteiger partial charge in [-0.25, -0.2) is 4.79 Å². The molecule has 4 unspecified atom stereocenters. The molecule has 0 aliphatic carbocycles. The first-order valence-corrected chi connectivity index (χ1v) is 7.89. The van der Waals surface area contributed by atoms with Crippen LogP contribution < -0.4 is 27.4 Å². The van der Waals surface area contributed by atoms with Crippen LogP contribution >= 0.6 is 0 Å². The topological polar surface area (TPSA) is 251 Å². The second kappa shape index (κ2) is 11.5. The van der Waals surface area contributed by atoms with Crippen LogP contribution in [0.2, 0.25) is 0 Å². The summed E-state index contributed by atoms with van der Waals surface area (Å²) in [6.07, 6.45) is -2.85. The molecule has 14 heteroatoms. The Hall–Kier alpha value is -3.26. The van der Waals surface area contributed by atoms with Crippen molar-refractivity contribution < 1.29 is 44.1 Å². The number of hydrogen-bond acceptors (Lipinski definition) is 8. The molecular weight excluding hydrogens is 382 g/mol. The van der Waals surface area contributed by atoms with Crippen LogP contribution in [0.25, 0.3) is 0 Å². The lowest BCUT2D eigenvalue weighted by Gasteiger charge is -2.23. The van der Waals surface area contributed by atoms with E-state index in [9.17, 15) is 33.9 Å². The molecule has 14 nitrogen and oxygen atoms in total. The quantitative estimate of drug-likeness (QED) is 0.154. The number of nitrogens with two attached hydrogens (primary N) is 2. The summed E-state index contributed by atoms with van der Waals surface area (Å²) in [6, 6.07) is -4.69. The molecule has 4 amide bonds. The van der Waals surface area contributed by atoms with E-state index in [1.807, 2.05) is 5.32 Å². The number of amides is 4. The van der Waals surface area contributed by atoms with Crippen molar-refractivity contribution in [2.45, 2.75) is 44.0 Å². The van der Waals surface area contributed by atoms with Gasteiger partial charge >= 0.3 is 11.9 Å². The van der Waals surface area contributed by atoms with Crippen molar-refractivity contribution in [3.05, 3.63) is 0 Å². The minimum Gasteiger partial charge on any atom is -0.481 e. The average Bonchev–Trinajstić information content (AvgIpc) is 2.55. The van der Waals surface area contributed by atoms with Gasteiger partial charge in [0.1, 0.15) is 12.1 Å².